The SMILES string of the molecule is C/C=C/c1cnc(OC(C)(C)C)nc1OC(C)(C)C. The molecule has 0 aliphatic carbocycles. The van der Waals surface area contributed by atoms with Crippen molar-refractivity contribution in [2.45, 2.75) is 59.7 Å². The highest BCUT2D eigenvalue weighted by atomic mass is 16.5. The maximum Gasteiger partial charge on any atom is 0.320 e. The van der Waals surface area contributed by atoms with Crippen LogP contribution in [0.25, 0.3) is 6.08 Å². The highest BCUT2D eigenvalue weighted by Gasteiger charge is 2.19. The summed E-state index contributed by atoms with van der Waals surface area (Å²) < 4.78 is 11.5. The minimum atomic E-state index is -0.332. The van der Waals surface area contributed by atoms with Crippen molar-refractivity contribution >= 4 is 6.08 Å². The van der Waals surface area contributed by atoms with Gasteiger partial charge in [-0.25, -0.2) is 4.98 Å². The fourth-order valence-electron chi connectivity index (χ4n) is 1.35. The average Bonchev–Trinajstić information content (AvgIpc) is 2.17. The molecule has 0 atom stereocenters. The van der Waals surface area contributed by atoms with E-state index < -0.39 is 0 Å². The first-order chi connectivity index (χ1) is 8.61. The van der Waals surface area contributed by atoms with Crippen molar-refractivity contribution in [3.63, 3.8) is 0 Å². The zero-order valence-corrected chi connectivity index (χ0v) is 12.9. The Morgan fingerprint density at radius 3 is 2.05 bits per heavy atom. The Bertz CT molecular complexity index is 454. The summed E-state index contributed by atoms with van der Waals surface area (Å²) in [7, 11) is 0. The highest BCUT2D eigenvalue weighted by molar-refractivity contribution is 5.53. The van der Waals surface area contributed by atoms with Crippen molar-refractivity contribution in [3.05, 3.63) is 17.8 Å². The number of allylic oxidation sites excluding steroid dienone is 1. The summed E-state index contributed by atoms with van der Waals surface area (Å²) in [5, 5.41) is 0. The smallest absolute Gasteiger partial charge is 0.320 e. The van der Waals surface area contributed by atoms with E-state index in [9.17, 15) is 0 Å². The molecule has 4 heteroatoms. The van der Waals surface area contributed by atoms with Crippen LogP contribution in [0.1, 0.15) is 54.0 Å². The van der Waals surface area contributed by atoms with E-state index >= 15 is 0 Å². The van der Waals surface area contributed by atoms with E-state index in [1.165, 1.54) is 0 Å². The minimum absolute atomic E-state index is 0.316. The molecule has 106 valence electrons. The van der Waals surface area contributed by atoms with Gasteiger partial charge in [-0.15, -0.1) is 0 Å². The predicted molar refractivity (Wildman–Crippen MR) is 77.5 cm³/mol. The molecule has 0 radical (unpaired) electrons. The molecule has 1 aromatic heterocycles. The third-order valence-electron chi connectivity index (χ3n) is 1.90. The van der Waals surface area contributed by atoms with Crippen LogP contribution in [-0.4, -0.2) is 21.2 Å². The van der Waals surface area contributed by atoms with E-state index in [4.69, 9.17) is 9.47 Å². The van der Waals surface area contributed by atoms with Crippen LogP contribution in [0, 0.1) is 0 Å². The summed E-state index contributed by atoms with van der Waals surface area (Å²) in [6.07, 6.45) is 5.57. The second-order valence-electron chi connectivity index (χ2n) is 6.34. The Kier molecular flexibility index (Phi) is 4.56. The molecule has 0 fully saturated rings. The van der Waals surface area contributed by atoms with Gasteiger partial charge in [-0.2, -0.15) is 4.98 Å². The van der Waals surface area contributed by atoms with Crippen LogP contribution < -0.4 is 9.47 Å². The number of aromatic nitrogens is 2. The van der Waals surface area contributed by atoms with Gasteiger partial charge in [-0.05, 0) is 48.5 Å². The lowest BCUT2D eigenvalue weighted by Crippen LogP contribution is -2.26. The first-order valence-electron chi connectivity index (χ1n) is 6.48. The minimum Gasteiger partial charge on any atom is -0.471 e. The van der Waals surface area contributed by atoms with E-state index in [-0.39, 0.29) is 11.2 Å². The molecule has 0 spiro atoms. The van der Waals surface area contributed by atoms with Gasteiger partial charge >= 0.3 is 6.01 Å². The topological polar surface area (TPSA) is 44.2 Å². The summed E-state index contributed by atoms with van der Waals surface area (Å²) >= 11 is 0. The summed E-state index contributed by atoms with van der Waals surface area (Å²) in [5.74, 6) is 0.542. The molecule has 0 saturated carbocycles. The maximum absolute atomic E-state index is 5.86. The molecule has 1 aromatic rings. The number of hydrogen-bond acceptors (Lipinski definition) is 4. The van der Waals surface area contributed by atoms with Crippen molar-refractivity contribution in [2.24, 2.45) is 0 Å². The summed E-state index contributed by atoms with van der Waals surface area (Å²) in [6.45, 7) is 13.8. The Morgan fingerprint density at radius 2 is 1.58 bits per heavy atom. The molecule has 0 bridgehead atoms. The van der Waals surface area contributed by atoms with E-state index in [1.54, 1.807) is 6.20 Å². The van der Waals surface area contributed by atoms with Crippen LogP contribution >= 0.6 is 0 Å². The van der Waals surface area contributed by atoms with Crippen LogP contribution in [0.4, 0.5) is 0 Å². The Morgan fingerprint density at radius 1 is 1.00 bits per heavy atom. The number of hydrogen-bond donors (Lipinski definition) is 0. The van der Waals surface area contributed by atoms with Gasteiger partial charge in [0.05, 0.1) is 5.56 Å². The average molecular weight is 264 g/mol. The van der Waals surface area contributed by atoms with Gasteiger partial charge in [0.2, 0.25) is 5.88 Å². The maximum atomic E-state index is 5.86. The Balaban J connectivity index is 3.11. The van der Waals surface area contributed by atoms with Crippen LogP contribution in [0.15, 0.2) is 12.3 Å². The monoisotopic (exact) mass is 264 g/mol. The van der Waals surface area contributed by atoms with E-state index in [1.807, 2.05) is 60.6 Å². The Labute approximate surface area is 115 Å². The summed E-state index contributed by atoms with van der Waals surface area (Å²) in [6, 6.07) is 0.333. The molecule has 1 rings (SSSR count). The first-order valence-corrected chi connectivity index (χ1v) is 6.48. The standard InChI is InChI=1S/C15H24N2O2/c1-8-9-11-10-16-13(19-15(5,6)7)17-12(11)18-14(2,3)4/h8-10H,1-7H3/b9-8+. The molecule has 0 N–H and O–H groups in total. The number of nitrogens with zero attached hydrogens (tertiary/aromatic N) is 2. The lowest BCUT2D eigenvalue weighted by atomic mass is 10.2. The van der Waals surface area contributed by atoms with Crippen molar-refractivity contribution in [2.75, 3.05) is 0 Å². The molecule has 4 nitrogen and oxygen atoms in total. The van der Waals surface area contributed by atoms with Crippen molar-refractivity contribution in [1.82, 2.24) is 9.97 Å². The van der Waals surface area contributed by atoms with Gasteiger partial charge in [0.15, 0.2) is 0 Å². The third-order valence-corrected chi connectivity index (χ3v) is 1.90. The second-order valence-corrected chi connectivity index (χ2v) is 6.34. The third kappa shape index (κ3) is 5.73. The molecule has 0 aromatic carbocycles. The lowest BCUT2D eigenvalue weighted by Gasteiger charge is -2.23. The molecule has 0 unspecified atom stereocenters. The van der Waals surface area contributed by atoms with Crippen molar-refractivity contribution < 1.29 is 9.47 Å². The van der Waals surface area contributed by atoms with Crippen molar-refractivity contribution in [1.29, 1.82) is 0 Å². The normalized spacial score (nSPS) is 12.8. The summed E-state index contributed by atoms with van der Waals surface area (Å²) in [5.41, 5.74) is 0.198. The fraction of sp³-hybridized carbons (Fsp3) is 0.600. The largest absolute Gasteiger partial charge is 0.471 e. The quantitative estimate of drug-likeness (QED) is 0.831. The first kappa shape index (κ1) is 15.5. The van der Waals surface area contributed by atoms with E-state index in [0.717, 1.165) is 5.56 Å². The lowest BCUT2D eigenvalue weighted by molar-refractivity contribution is 0.103. The molecular formula is C15H24N2O2. The Hall–Kier alpha value is -1.58. The highest BCUT2D eigenvalue weighted by Crippen LogP contribution is 2.24. The molecular weight excluding hydrogens is 240 g/mol. The van der Waals surface area contributed by atoms with Gasteiger partial charge in [0, 0.05) is 6.20 Å². The molecule has 0 saturated heterocycles. The number of rotatable bonds is 3. The fourth-order valence-corrected chi connectivity index (χ4v) is 1.35. The van der Waals surface area contributed by atoms with E-state index in [2.05, 4.69) is 9.97 Å². The zero-order chi connectivity index (χ0) is 14.7. The van der Waals surface area contributed by atoms with Crippen LogP contribution in [0.3, 0.4) is 0 Å². The van der Waals surface area contributed by atoms with Crippen molar-refractivity contribution in [3.8, 4) is 11.9 Å². The van der Waals surface area contributed by atoms with Gasteiger partial charge in [0.25, 0.3) is 0 Å². The zero-order valence-electron chi connectivity index (χ0n) is 12.9. The molecule has 19 heavy (non-hydrogen) atoms. The van der Waals surface area contributed by atoms with Gasteiger partial charge < -0.3 is 9.47 Å². The van der Waals surface area contributed by atoms with Crippen LogP contribution in [0.5, 0.6) is 11.9 Å². The van der Waals surface area contributed by atoms with Gasteiger partial charge in [0.1, 0.15) is 11.2 Å². The molecule has 1 heterocycles. The second kappa shape index (κ2) is 5.59. The number of ether oxygens (including phenoxy) is 2. The molecule has 0 amide bonds. The van der Waals surface area contributed by atoms with Crippen LogP contribution in [0.2, 0.25) is 0 Å². The van der Waals surface area contributed by atoms with E-state index in [0.29, 0.717) is 11.9 Å². The van der Waals surface area contributed by atoms with Gasteiger partial charge in [-0.3, -0.25) is 0 Å². The van der Waals surface area contributed by atoms with Gasteiger partial charge in [-0.1, -0.05) is 12.2 Å². The van der Waals surface area contributed by atoms with Crippen LogP contribution in [-0.2, 0) is 0 Å². The summed E-state index contributed by atoms with van der Waals surface area (Å²) in [4.78, 5) is 8.56. The molecule has 0 aliphatic rings. The molecule has 0 aliphatic heterocycles. The predicted octanol–water partition coefficient (Wildman–Crippen LogP) is 3.86.